The Morgan fingerprint density at radius 3 is 0.935 bits per heavy atom. The van der Waals surface area contributed by atoms with Crippen molar-refractivity contribution in [3.63, 3.8) is 0 Å². The molecule has 0 rings (SSSR count). The maximum Gasteiger partial charge on any atom is 0.306 e. The van der Waals surface area contributed by atoms with Gasteiger partial charge in [0.25, 0.3) is 0 Å². The molecular weight excluding hydrogens is 769 g/mol. The summed E-state index contributed by atoms with van der Waals surface area (Å²) in [7, 11) is 0. The van der Waals surface area contributed by atoms with E-state index >= 15 is 0 Å². The number of unbranched alkanes of at least 4 members (excludes halogenated alkanes) is 32. The second-order valence-electron chi connectivity index (χ2n) is 18.2. The van der Waals surface area contributed by atoms with Gasteiger partial charge in [-0.25, -0.2) is 0 Å². The molecule has 0 fully saturated rings. The monoisotopic (exact) mass is 871 g/mol. The maximum absolute atomic E-state index is 12.8. The van der Waals surface area contributed by atoms with E-state index in [-0.39, 0.29) is 37.5 Å². The van der Waals surface area contributed by atoms with E-state index in [2.05, 4.69) is 57.2 Å². The molecule has 362 valence electrons. The number of rotatable bonds is 49. The standard InChI is InChI=1S/C56H102O6/c1-4-7-10-13-16-19-22-25-27-28-30-31-34-37-40-43-46-49-55(58)61-52-53(51-60-54(57)48-45-42-39-36-33-24-21-18-15-12-9-6-3)62-56(59)50-47-44-41-38-35-32-29-26-23-20-17-14-11-8-5-2/h17,20,26,29,35,38,53H,4-16,18-19,21-25,27-28,30-34,36-37,39-52H2,1-3H3/b20-17-,29-26-,38-35-/t53-/m0/s1. The average Bonchev–Trinajstić information content (AvgIpc) is 3.27. The first kappa shape index (κ1) is 59.6. The molecule has 0 aromatic carbocycles. The average molecular weight is 871 g/mol. The molecule has 0 N–H and O–H groups in total. The van der Waals surface area contributed by atoms with Gasteiger partial charge in [-0.3, -0.25) is 14.4 Å². The summed E-state index contributed by atoms with van der Waals surface area (Å²) >= 11 is 0. The predicted octanol–water partition coefficient (Wildman–Crippen LogP) is 17.7. The molecule has 0 saturated carbocycles. The van der Waals surface area contributed by atoms with Crippen LogP contribution in [0.1, 0.15) is 284 Å². The highest BCUT2D eigenvalue weighted by atomic mass is 16.6. The van der Waals surface area contributed by atoms with Crippen molar-refractivity contribution in [3.05, 3.63) is 36.5 Å². The predicted molar refractivity (Wildman–Crippen MR) is 266 cm³/mol. The normalized spacial score (nSPS) is 12.2. The lowest BCUT2D eigenvalue weighted by Crippen LogP contribution is -2.30. The van der Waals surface area contributed by atoms with Gasteiger partial charge in [0.2, 0.25) is 0 Å². The van der Waals surface area contributed by atoms with Crippen LogP contribution in [-0.4, -0.2) is 37.2 Å². The van der Waals surface area contributed by atoms with Gasteiger partial charge in [-0.05, 0) is 57.8 Å². The molecule has 0 aliphatic carbocycles. The Morgan fingerprint density at radius 1 is 0.323 bits per heavy atom. The van der Waals surface area contributed by atoms with Crippen LogP contribution in [0.3, 0.4) is 0 Å². The van der Waals surface area contributed by atoms with Crippen LogP contribution in [0.25, 0.3) is 0 Å². The lowest BCUT2D eigenvalue weighted by Gasteiger charge is -2.18. The van der Waals surface area contributed by atoms with Crippen LogP contribution < -0.4 is 0 Å². The van der Waals surface area contributed by atoms with Crippen LogP contribution in [0.5, 0.6) is 0 Å². The maximum atomic E-state index is 12.8. The molecule has 0 saturated heterocycles. The molecule has 0 spiro atoms. The van der Waals surface area contributed by atoms with Crippen molar-refractivity contribution in [2.75, 3.05) is 13.2 Å². The Hall–Kier alpha value is -2.37. The zero-order valence-corrected chi connectivity index (χ0v) is 41.4. The van der Waals surface area contributed by atoms with Gasteiger partial charge in [0, 0.05) is 19.3 Å². The van der Waals surface area contributed by atoms with Crippen LogP contribution in [0.4, 0.5) is 0 Å². The van der Waals surface area contributed by atoms with Gasteiger partial charge in [-0.1, -0.05) is 243 Å². The fraction of sp³-hybridized carbons (Fsp3) is 0.839. The van der Waals surface area contributed by atoms with Crippen molar-refractivity contribution >= 4 is 17.9 Å². The third-order valence-corrected chi connectivity index (χ3v) is 11.9. The minimum Gasteiger partial charge on any atom is -0.462 e. The summed E-state index contributed by atoms with van der Waals surface area (Å²) in [5.74, 6) is -0.908. The van der Waals surface area contributed by atoms with Crippen molar-refractivity contribution < 1.29 is 28.6 Å². The highest BCUT2D eigenvalue weighted by molar-refractivity contribution is 5.71. The van der Waals surface area contributed by atoms with Crippen LogP contribution in [-0.2, 0) is 28.6 Å². The highest BCUT2D eigenvalue weighted by Gasteiger charge is 2.19. The second-order valence-corrected chi connectivity index (χ2v) is 18.2. The molecule has 0 aromatic heterocycles. The van der Waals surface area contributed by atoms with Crippen LogP contribution in [0.15, 0.2) is 36.5 Å². The molecule has 6 heteroatoms. The summed E-state index contributed by atoms with van der Waals surface area (Å²) in [6, 6.07) is 0. The first-order chi connectivity index (χ1) is 30.5. The first-order valence-corrected chi connectivity index (χ1v) is 27.0. The van der Waals surface area contributed by atoms with Gasteiger partial charge in [-0.15, -0.1) is 0 Å². The summed E-state index contributed by atoms with van der Waals surface area (Å²) in [6.07, 6.45) is 59.9. The summed E-state index contributed by atoms with van der Waals surface area (Å²) in [5, 5.41) is 0. The molecule has 0 aliphatic heterocycles. The highest BCUT2D eigenvalue weighted by Crippen LogP contribution is 2.16. The zero-order valence-electron chi connectivity index (χ0n) is 41.4. The fourth-order valence-corrected chi connectivity index (χ4v) is 7.80. The van der Waals surface area contributed by atoms with E-state index in [0.717, 1.165) is 64.2 Å². The van der Waals surface area contributed by atoms with Gasteiger partial charge in [0.1, 0.15) is 13.2 Å². The number of carbonyl (C=O) groups is 3. The molecule has 6 nitrogen and oxygen atoms in total. The molecule has 0 aromatic rings. The lowest BCUT2D eigenvalue weighted by molar-refractivity contribution is -0.167. The number of carbonyl (C=O) groups excluding carboxylic acids is 3. The van der Waals surface area contributed by atoms with Crippen molar-refractivity contribution in [3.8, 4) is 0 Å². The molecule has 0 unspecified atom stereocenters. The third kappa shape index (κ3) is 48.7. The van der Waals surface area contributed by atoms with Crippen LogP contribution in [0, 0.1) is 0 Å². The second kappa shape index (κ2) is 51.3. The van der Waals surface area contributed by atoms with E-state index in [9.17, 15) is 14.4 Å². The van der Waals surface area contributed by atoms with E-state index in [0.29, 0.717) is 19.3 Å². The summed E-state index contributed by atoms with van der Waals surface area (Å²) < 4.78 is 16.8. The van der Waals surface area contributed by atoms with E-state index in [1.54, 1.807) is 0 Å². The largest absolute Gasteiger partial charge is 0.462 e. The van der Waals surface area contributed by atoms with Gasteiger partial charge >= 0.3 is 17.9 Å². The van der Waals surface area contributed by atoms with Gasteiger partial charge < -0.3 is 14.2 Å². The van der Waals surface area contributed by atoms with E-state index in [1.807, 2.05) is 0 Å². The van der Waals surface area contributed by atoms with Gasteiger partial charge in [0.05, 0.1) is 0 Å². The molecule has 0 bridgehead atoms. The number of ether oxygens (including phenoxy) is 3. The van der Waals surface area contributed by atoms with Crippen LogP contribution >= 0.6 is 0 Å². The van der Waals surface area contributed by atoms with Crippen LogP contribution in [0.2, 0.25) is 0 Å². The number of allylic oxidation sites excluding steroid dienone is 6. The Bertz CT molecular complexity index is 1050. The molecular formula is C56H102O6. The Morgan fingerprint density at radius 2 is 0.581 bits per heavy atom. The van der Waals surface area contributed by atoms with E-state index in [1.165, 1.54) is 173 Å². The van der Waals surface area contributed by atoms with Crippen molar-refractivity contribution in [2.24, 2.45) is 0 Å². The van der Waals surface area contributed by atoms with Crippen molar-refractivity contribution in [1.82, 2.24) is 0 Å². The Balaban J connectivity index is 4.38. The summed E-state index contributed by atoms with van der Waals surface area (Å²) in [5.41, 5.74) is 0. The smallest absolute Gasteiger partial charge is 0.306 e. The van der Waals surface area contributed by atoms with Gasteiger partial charge in [0.15, 0.2) is 6.10 Å². The third-order valence-electron chi connectivity index (χ3n) is 11.9. The summed E-state index contributed by atoms with van der Waals surface area (Å²) in [4.78, 5) is 38.0. The molecule has 0 heterocycles. The fourth-order valence-electron chi connectivity index (χ4n) is 7.80. The van der Waals surface area contributed by atoms with E-state index < -0.39 is 6.10 Å². The minimum absolute atomic E-state index is 0.0830. The lowest BCUT2D eigenvalue weighted by atomic mass is 10.0. The quantitative estimate of drug-likeness (QED) is 0.0262. The Labute approximate surface area is 385 Å². The van der Waals surface area contributed by atoms with Crippen molar-refractivity contribution in [1.29, 1.82) is 0 Å². The molecule has 62 heavy (non-hydrogen) atoms. The Kier molecular flexibility index (Phi) is 49.3. The van der Waals surface area contributed by atoms with Crippen molar-refractivity contribution in [2.45, 2.75) is 290 Å². The molecule has 0 aliphatic rings. The summed E-state index contributed by atoms with van der Waals surface area (Å²) in [6.45, 7) is 6.61. The molecule has 0 amide bonds. The molecule has 1 atom stereocenters. The number of hydrogen-bond acceptors (Lipinski definition) is 6. The van der Waals surface area contributed by atoms with E-state index in [4.69, 9.17) is 14.2 Å². The minimum atomic E-state index is -0.786. The number of esters is 3. The topological polar surface area (TPSA) is 78.9 Å². The van der Waals surface area contributed by atoms with Gasteiger partial charge in [-0.2, -0.15) is 0 Å². The SMILES string of the molecule is CCCCC/C=C\C/C=C\C/C=C\CCCCC(=O)O[C@@H](COC(=O)CCCCCCCCCCCCCC)COC(=O)CCCCCCCCCCCCCCCCCCC. The molecule has 0 radical (unpaired) electrons. The zero-order chi connectivity index (χ0) is 45.1. The first-order valence-electron chi connectivity index (χ1n) is 27.0. The number of hydrogen-bond donors (Lipinski definition) is 0.